The Hall–Kier alpha value is -5.55. The SMILES string of the molecule is CC1=C(c2ccc([C@H](C)CC(=O)[C@@H]3C[C@@H](O)CN3C(=O)[C@@H](NC(=O)COCCCCNc3ccc(C(=O)NC4C(C)(C)C(Oc5ccc(C#N)c(Cl)c5)C4(C)C)cc3)C(C)(C)C)cc2)CC=N1. The molecule has 2 fully saturated rings. The largest absolute Gasteiger partial charge is 0.489 e. The minimum absolute atomic E-state index is 0.0236. The fourth-order valence-corrected chi connectivity index (χ4v) is 10.3. The van der Waals surface area contributed by atoms with Gasteiger partial charge in [-0.15, -0.1) is 0 Å². The maximum absolute atomic E-state index is 14.1. The highest BCUT2D eigenvalue weighted by atomic mass is 35.5. The number of nitriles is 1. The van der Waals surface area contributed by atoms with Crippen LogP contribution in [0.4, 0.5) is 5.69 Å². The first-order valence-electron chi connectivity index (χ1n) is 23.3. The zero-order valence-corrected chi connectivity index (χ0v) is 41.1. The van der Waals surface area contributed by atoms with Crippen molar-refractivity contribution < 1.29 is 33.8 Å². The minimum atomic E-state index is -0.932. The Balaban J connectivity index is 0.904. The number of halogens is 1. The highest BCUT2D eigenvalue weighted by Crippen LogP contribution is 2.55. The van der Waals surface area contributed by atoms with Crippen molar-refractivity contribution in [1.29, 1.82) is 5.26 Å². The van der Waals surface area contributed by atoms with E-state index in [9.17, 15) is 29.5 Å². The first-order chi connectivity index (χ1) is 31.6. The molecule has 1 saturated carbocycles. The molecule has 0 radical (unpaired) electrons. The number of carbonyl (C=O) groups is 4. The molecule has 3 aliphatic rings. The molecule has 0 bridgehead atoms. The predicted octanol–water partition coefficient (Wildman–Crippen LogP) is 8.49. The molecule has 1 aliphatic carbocycles. The molecule has 3 aromatic rings. The number of amides is 3. The Kier molecular flexibility index (Phi) is 16.1. The summed E-state index contributed by atoms with van der Waals surface area (Å²) in [5, 5.41) is 29.7. The molecule has 0 spiro atoms. The van der Waals surface area contributed by atoms with Crippen molar-refractivity contribution in [2.45, 2.75) is 131 Å². The average molecular weight is 936 g/mol. The average Bonchev–Trinajstić information content (AvgIpc) is 3.90. The topological polar surface area (TPSA) is 182 Å². The summed E-state index contributed by atoms with van der Waals surface area (Å²) >= 11 is 6.24. The third-order valence-corrected chi connectivity index (χ3v) is 13.9. The molecule has 4 N–H and O–H groups in total. The van der Waals surface area contributed by atoms with Crippen LogP contribution in [0.3, 0.4) is 0 Å². The second-order valence-corrected chi connectivity index (χ2v) is 21.0. The number of unbranched alkanes of at least 4 members (excludes halogenated alkanes) is 1. The van der Waals surface area contributed by atoms with Crippen LogP contribution in [0.5, 0.6) is 5.75 Å². The van der Waals surface area contributed by atoms with E-state index in [0.717, 1.165) is 35.4 Å². The second kappa shape index (κ2) is 21.2. The number of rotatable bonds is 19. The van der Waals surface area contributed by atoms with Crippen molar-refractivity contribution in [3.05, 3.63) is 99.7 Å². The number of β-amino-alcohol motifs (C(OH)–C–C–N with tert-alkyl or cyclic N) is 1. The van der Waals surface area contributed by atoms with Gasteiger partial charge in [0, 0.05) is 85.1 Å². The number of aliphatic hydroxyl groups excluding tert-OH is 1. The van der Waals surface area contributed by atoms with Crippen LogP contribution >= 0.6 is 11.6 Å². The number of hydrogen-bond donors (Lipinski definition) is 4. The lowest BCUT2D eigenvalue weighted by Gasteiger charge is -2.63. The highest BCUT2D eigenvalue weighted by Gasteiger charge is 2.64. The minimum Gasteiger partial charge on any atom is -0.489 e. The third kappa shape index (κ3) is 12.0. The molecule has 3 aromatic carbocycles. The van der Waals surface area contributed by atoms with Crippen LogP contribution in [0.1, 0.15) is 127 Å². The lowest BCUT2D eigenvalue weighted by Crippen LogP contribution is -2.74. The Labute approximate surface area is 400 Å². The zero-order chi connectivity index (χ0) is 48.8. The summed E-state index contributed by atoms with van der Waals surface area (Å²) in [5.74, 6) is -0.637. The van der Waals surface area contributed by atoms with Crippen molar-refractivity contribution >= 4 is 52.6 Å². The lowest BCUT2D eigenvalue weighted by atomic mass is 9.49. The summed E-state index contributed by atoms with van der Waals surface area (Å²) in [6, 6.07) is 20.7. The number of aliphatic imine (C=N–C) groups is 1. The van der Waals surface area contributed by atoms with Crippen molar-refractivity contribution in [2.24, 2.45) is 21.2 Å². The summed E-state index contributed by atoms with van der Waals surface area (Å²) in [6.07, 6.45) is 3.49. The van der Waals surface area contributed by atoms with Gasteiger partial charge in [-0.1, -0.05) is 91.3 Å². The number of carbonyl (C=O) groups excluding carboxylic acids is 4. The number of nitrogens with zero attached hydrogens (tertiary/aromatic N) is 3. The van der Waals surface area contributed by atoms with Gasteiger partial charge < -0.3 is 35.4 Å². The molecule has 4 atom stereocenters. The van der Waals surface area contributed by atoms with Crippen molar-refractivity contribution in [3.63, 3.8) is 0 Å². The van der Waals surface area contributed by atoms with Gasteiger partial charge in [0.1, 0.15) is 30.6 Å². The van der Waals surface area contributed by atoms with Gasteiger partial charge in [0.2, 0.25) is 11.8 Å². The molecule has 13 nitrogen and oxygen atoms in total. The summed E-state index contributed by atoms with van der Waals surface area (Å²) in [7, 11) is 0. The number of allylic oxidation sites excluding steroid dienone is 2. The van der Waals surface area contributed by atoms with E-state index in [2.05, 4.69) is 66.8 Å². The molecule has 14 heteroatoms. The van der Waals surface area contributed by atoms with Gasteiger partial charge in [-0.05, 0) is 84.2 Å². The van der Waals surface area contributed by atoms with Crippen molar-refractivity contribution in [2.75, 3.05) is 31.6 Å². The van der Waals surface area contributed by atoms with Gasteiger partial charge in [0.05, 0.1) is 22.7 Å². The van der Waals surface area contributed by atoms with Crippen LogP contribution in [-0.2, 0) is 19.1 Å². The molecular formula is C53H67ClN6O7. The number of ketones is 1. The summed E-state index contributed by atoms with van der Waals surface area (Å²) in [4.78, 5) is 60.2. The number of benzene rings is 3. The Morgan fingerprint density at radius 1 is 1.00 bits per heavy atom. The number of likely N-dealkylation sites (tertiary alicyclic amines) is 1. The maximum Gasteiger partial charge on any atom is 0.251 e. The Morgan fingerprint density at radius 3 is 2.30 bits per heavy atom. The van der Waals surface area contributed by atoms with E-state index in [1.807, 2.05) is 65.1 Å². The summed E-state index contributed by atoms with van der Waals surface area (Å²) in [5.41, 5.74) is 4.69. The number of Topliss-reactive ketones (excluding diaryl/α,β-unsaturated/α-hetero) is 1. The van der Waals surface area contributed by atoms with Gasteiger partial charge in [-0.25, -0.2) is 0 Å². The van der Waals surface area contributed by atoms with Crippen LogP contribution in [-0.4, -0.2) is 96.4 Å². The monoisotopic (exact) mass is 934 g/mol. The molecule has 3 amide bonds. The van der Waals surface area contributed by atoms with Crippen LogP contribution in [0.15, 0.2) is 77.4 Å². The molecule has 6 rings (SSSR count). The molecule has 2 heterocycles. The van der Waals surface area contributed by atoms with Crippen molar-refractivity contribution in [3.8, 4) is 11.8 Å². The standard InChI is InChI=1S/C53H67ClN6O7/c1-32(34-12-14-35(15-13-34)41-22-24-56-33(41)2)26-44(62)43-27-39(61)30-60(43)48(65)46(51(3,4)5)58-45(63)31-66-25-11-10-23-57-38-19-16-36(17-20-38)47(64)59-49-52(6,7)50(53(49,8)9)67-40-21-18-37(29-55)42(54)28-40/h12-21,24,28,32,39,43,46,49-50,57,61H,10-11,22-23,25-27,30-31H2,1-9H3,(H,58,63)(H,59,64)/t32-,39-,43+,46-,49?,50?/m1/s1. The molecule has 67 heavy (non-hydrogen) atoms. The Bertz CT molecular complexity index is 2380. The van der Waals surface area contributed by atoms with E-state index in [1.165, 1.54) is 10.5 Å². The number of ether oxygens (including phenoxy) is 2. The molecule has 0 unspecified atom stereocenters. The maximum atomic E-state index is 14.1. The zero-order valence-electron chi connectivity index (χ0n) is 40.4. The van der Waals surface area contributed by atoms with E-state index >= 15 is 0 Å². The van der Waals surface area contributed by atoms with Gasteiger partial charge in [-0.3, -0.25) is 24.2 Å². The second-order valence-electron chi connectivity index (χ2n) is 20.6. The molecule has 358 valence electrons. The molecule has 0 aromatic heterocycles. The van der Waals surface area contributed by atoms with Gasteiger partial charge in [0.15, 0.2) is 5.78 Å². The summed E-state index contributed by atoms with van der Waals surface area (Å²) < 4.78 is 12.1. The van der Waals surface area contributed by atoms with Crippen LogP contribution in [0.25, 0.3) is 5.57 Å². The quantitative estimate of drug-likeness (QED) is 0.0857. The smallest absolute Gasteiger partial charge is 0.251 e. The van der Waals surface area contributed by atoms with Gasteiger partial charge in [-0.2, -0.15) is 5.26 Å². The van der Waals surface area contributed by atoms with Crippen LogP contribution in [0, 0.1) is 27.6 Å². The van der Waals surface area contributed by atoms with E-state index in [1.54, 1.807) is 30.3 Å². The predicted molar refractivity (Wildman–Crippen MR) is 262 cm³/mol. The molecule has 1 saturated heterocycles. The fraction of sp³-hybridized carbons (Fsp3) is 0.509. The number of aliphatic hydroxyl groups is 1. The van der Waals surface area contributed by atoms with Gasteiger partial charge in [0.25, 0.3) is 5.91 Å². The third-order valence-electron chi connectivity index (χ3n) is 13.6. The number of nitrogens with one attached hydrogen (secondary N) is 3. The van der Waals surface area contributed by atoms with Crippen LogP contribution in [0.2, 0.25) is 5.02 Å². The van der Waals surface area contributed by atoms with E-state index < -0.39 is 35.4 Å². The first kappa shape index (κ1) is 50.9. The normalized spacial score (nSPS) is 21.5. The van der Waals surface area contributed by atoms with Gasteiger partial charge >= 0.3 is 0 Å². The molecular weight excluding hydrogens is 868 g/mol. The Morgan fingerprint density at radius 2 is 1.69 bits per heavy atom. The van der Waals surface area contributed by atoms with E-state index in [0.29, 0.717) is 41.5 Å². The van der Waals surface area contributed by atoms with E-state index in [-0.39, 0.29) is 66.6 Å². The lowest BCUT2D eigenvalue weighted by molar-refractivity contribution is -0.164. The number of hydrogen-bond acceptors (Lipinski definition) is 10. The number of anilines is 1. The first-order valence-corrected chi connectivity index (χ1v) is 23.7. The van der Waals surface area contributed by atoms with E-state index in [4.69, 9.17) is 21.1 Å². The summed E-state index contributed by atoms with van der Waals surface area (Å²) in [6.45, 7) is 18.6. The van der Waals surface area contributed by atoms with Crippen LogP contribution < -0.4 is 20.7 Å². The fourth-order valence-electron chi connectivity index (χ4n) is 10.1. The van der Waals surface area contributed by atoms with Crippen molar-refractivity contribution in [1.82, 2.24) is 15.5 Å². The molecule has 2 aliphatic heterocycles. The highest BCUT2D eigenvalue weighted by molar-refractivity contribution is 6.31.